The lowest BCUT2D eigenvalue weighted by molar-refractivity contribution is -0.139. The molecule has 2 atom stereocenters. The Morgan fingerprint density at radius 1 is 1.05 bits per heavy atom. The standard InChI is InChI=1S/C28H25N5O6S/c1-39-20-10-12-21(13-11-20)40(37,38)33-22-14-9-18(17-29)16-24(22)32(28(33)36)25(19-6-3-2-4-7-19)27(35)31-15-5-8-23(31)26(30)34/h2-4,6-7,9-14,16,23,25H,5,8,15H2,1H3,(H2,30,34)/t23?,25-/m0/s1. The highest BCUT2D eigenvalue weighted by Crippen LogP contribution is 2.30. The summed E-state index contributed by atoms with van der Waals surface area (Å²) in [6.45, 7) is 0.247. The maximum absolute atomic E-state index is 14.2. The second-order valence-corrected chi connectivity index (χ2v) is 11.1. The van der Waals surface area contributed by atoms with Crippen molar-refractivity contribution in [2.45, 2.75) is 29.8 Å². The molecular weight excluding hydrogens is 534 g/mol. The summed E-state index contributed by atoms with van der Waals surface area (Å²) in [4.78, 5) is 41.6. The first-order valence-corrected chi connectivity index (χ1v) is 13.8. The molecule has 0 bridgehead atoms. The van der Waals surface area contributed by atoms with Gasteiger partial charge in [-0.15, -0.1) is 0 Å². The lowest BCUT2D eigenvalue weighted by Crippen LogP contribution is -2.48. The van der Waals surface area contributed by atoms with Gasteiger partial charge in [0, 0.05) is 6.54 Å². The quantitative estimate of drug-likeness (QED) is 0.363. The highest BCUT2D eigenvalue weighted by Gasteiger charge is 2.40. The number of hydrogen-bond acceptors (Lipinski definition) is 7. The van der Waals surface area contributed by atoms with E-state index in [1.807, 2.05) is 6.07 Å². The number of carbonyl (C=O) groups excluding carboxylic acids is 2. The van der Waals surface area contributed by atoms with E-state index < -0.39 is 39.6 Å². The molecule has 1 aromatic heterocycles. The Bertz CT molecular complexity index is 1820. The van der Waals surface area contributed by atoms with Crippen LogP contribution < -0.4 is 16.2 Å². The van der Waals surface area contributed by atoms with Gasteiger partial charge >= 0.3 is 5.69 Å². The van der Waals surface area contributed by atoms with Gasteiger partial charge in [0.2, 0.25) is 5.91 Å². The van der Waals surface area contributed by atoms with Crippen LogP contribution in [0.25, 0.3) is 11.0 Å². The number of nitriles is 1. The van der Waals surface area contributed by atoms with E-state index in [2.05, 4.69) is 0 Å². The zero-order valence-corrected chi connectivity index (χ0v) is 22.2. The molecule has 0 saturated carbocycles. The number of fused-ring (bicyclic) bond motifs is 1. The number of nitrogens with two attached hydrogens (primary N) is 1. The third-order valence-corrected chi connectivity index (χ3v) is 8.73. The summed E-state index contributed by atoms with van der Waals surface area (Å²) in [5, 5.41) is 9.58. The maximum Gasteiger partial charge on any atom is 0.344 e. The summed E-state index contributed by atoms with van der Waals surface area (Å²) in [7, 11) is -3.02. The molecule has 11 nitrogen and oxygen atoms in total. The first kappa shape index (κ1) is 26.7. The van der Waals surface area contributed by atoms with E-state index in [1.165, 1.54) is 54.5 Å². The SMILES string of the molecule is COc1ccc(S(=O)(=O)n2c(=O)n([C@H](C(=O)N3CCCC3C(N)=O)c3ccccc3)c3cc(C#N)ccc32)cc1. The van der Waals surface area contributed by atoms with Crippen LogP contribution in [0.4, 0.5) is 0 Å². The second-order valence-electron chi connectivity index (χ2n) is 9.32. The number of amides is 2. The number of rotatable bonds is 7. The fourth-order valence-electron chi connectivity index (χ4n) is 5.12. The molecule has 4 aromatic rings. The van der Waals surface area contributed by atoms with Crippen molar-refractivity contribution in [1.82, 2.24) is 13.4 Å². The van der Waals surface area contributed by atoms with Crippen LogP contribution in [0.3, 0.4) is 0 Å². The first-order chi connectivity index (χ1) is 19.2. The Kier molecular flexibility index (Phi) is 6.91. The molecule has 0 spiro atoms. The van der Waals surface area contributed by atoms with Crippen LogP contribution in [-0.4, -0.2) is 53.4 Å². The molecule has 5 rings (SSSR count). The van der Waals surface area contributed by atoms with Gasteiger partial charge in [-0.1, -0.05) is 30.3 Å². The lowest BCUT2D eigenvalue weighted by atomic mass is 10.0. The molecule has 1 fully saturated rings. The predicted molar refractivity (Wildman–Crippen MR) is 145 cm³/mol. The van der Waals surface area contributed by atoms with Crippen LogP contribution in [0.1, 0.15) is 30.0 Å². The average Bonchev–Trinajstić information content (AvgIpc) is 3.57. The summed E-state index contributed by atoms with van der Waals surface area (Å²) < 4.78 is 34.5. The van der Waals surface area contributed by atoms with Crippen molar-refractivity contribution in [3.05, 3.63) is 94.4 Å². The van der Waals surface area contributed by atoms with Crippen LogP contribution in [0.2, 0.25) is 0 Å². The summed E-state index contributed by atoms with van der Waals surface area (Å²) >= 11 is 0. The Balaban J connectivity index is 1.80. The zero-order valence-electron chi connectivity index (χ0n) is 21.4. The zero-order chi connectivity index (χ0) is 28.6. The minimum Gasteiger partial charge on any atom is -0.497 e. The second kappa shape index (κ2) is 10.3. The van der Waals surface area contributed by atoms with Gasteiger partial charge < -0.3 is 15.4 Å². The van der Waals surface area contributed by atoms with Crippen molar-refractivity contribution in [3.8, 4) is 11.8 Å². The lowest BCUT2D eigenvalue weighted by Gasteiger charge is -2.28. The number of carbonyl (C=O) groups is 2. The van der Waals surface area contributed by atoms with Crippen LogP contribution in [0.15, 0.2) is 82.5 Å². The molecule has 12 heteroatoms. The predicted octanol–water partition coefficient (Wildman–Crippen LogP) is 1.99. The van der Waals surface area contributed by atoms with E-state index >= 15 is 0 Å². The highest BCUT2D eigenvalue weighted by molar-refractivity contribution is 7.90. The molecule has 1 aliphatic rings. The van der Waals surface area contributed by atoms with E-state index in [-0.39, 0.29) is 28.0 Å². The van der Waals surface area contributed by atoms with E-state index in [4.69, 9.17) is 10.5 Å². The molecule has 2 amide bonds. The molecule has 40 heavy (non-hydrogen) atoms. The van der Waals surface area contributed by atoms with E-state index in [0.717, 1.165) is 4.57 Å². The van der Waals surface area contributed by atoms with Crippen LogP contribution in [-0.2, 0) is 19.6 Å². The van der Waals surface area contributed by atoms with Crippen molar-refractivity contribution in [3.63, 3.8) is 0 Å². The molecule has 1 saturated heterocycles. The summed E-state index contributed by atoms with van der Waals surface area (Å²) in [5.41, 5.74) is 5.19. The van der Waals surface area contributed by atoms with Gasteiger partial charge in [0.15, 0.2) is 0 Å². The molecule has 1 aliphatic heterocycles. The van der Waals surface area contributed by atoms with Crippen molar-refractivity contribution in [2.24, 2.45) is 5.73 Å². The number of aromatic nitrogens is 2. The topological polar surface area (TPSA) is 157 Å². The molecule has 2 N–H and O–H groups in total. The molecule has 0 aliphatic carbocycles. The molecule has 3 aromatic carbocycles. The Morgan fingerprint density at radius 3 is 2.38 bits per heavy atom. The first-order valence-electron chi connectivity index (χ1n) is 12.4. The minimum atomic E-state index is -4.46. The number of hydrogen-bond donors (Lipinski definition) is 1. The third-order valence-electron chi connectivity index (χ3n) is 7.03. The average molecular weight is 560 g/mol. The summed E-state index contributed by atoms with van der Waals surface area (Å²) in [6, 6.07) is 17.9. The van der Waals surface area contributed by atoms with Gasteiger partial charge in [0.25, 0.3) is 15.9 Å². The maximum atomic E-state index is 14.2. The minimum absolute atomic E-state index is 0.0126. The van der Waals surface area contributed by atoms with Crippen molar-refractivity contribution >= 4 is 32.9 Å². The van der Waals surface area contributed by atoms with Gasteiger partial charge in [0.05, 0.1) is 34.7 Å². The van der Waals surface area contributed by atoms with Gasteiger partial charge in [-0.2, -0.15) is 9.23 Å². The Hall–Kier alpha value is -4.89. The van der Waals surface area contributed by atoms with Crippen LogP contribution in [0, 0.1) is 11.3 Å². The Labute approximate surface area is 229 Å². The van der Waals surface area contributed by atoms with Gasteiger partial charge in [-0.05, 0) is 60.9 Å². The fourth-order valence-corrected chi connectivity index (χ4v) is 6.52. The highest BCUT2D eigenvalue weighted by atomic mass is 32.2. The van der Waals surface area contributed by atoms with E-state index in [0.29, 0.717) is 28.1 Å². The number of benzene rings is 3. The van der Waals surface area contributed by atoms with Gasteiger partial charge in [0.1, 0.15) is 17.8 Å². The smallest absolute Gasteiger partial charge is 0.344 e. The number of likely N-dealkylation sites (tertiary alicyclic amines) is 1. The summed E-state index contributed by atoms with van der Waals surface area (Å²) in [6.07, 6.45) is 0.922. The largest absolute Gasteiger partial charge is 0.497 e. The fraction of sp³-hybridized carbons (Fsp3) is 0.214. The Morgan fingerprint density at radius 2 is 1.75 bits per heavy atom. The van der Waals surface area contributed by atoms with Crippen LogP contribution >= 0.6 is 0 Å². The molecular formula is C28H25N5O6S. The van der Waals surface area contributed by atoms with E-state index in [9.17, 15) is 28.1 Å². The molecule has 1 unspecified atom stereocenters. The van der Waals surface area contributed by atoms with E-state index in [1.54, 1.807) is 30.3 Å². The number of primary amides is 1. The van der Waals surface area contributed by atoms with Crippen LogP contribution in [0.5, 0.6) is 5.75 Å². The van der Waals surface area contributed by atoms with Crippen molar-refractivity contribution in [1.29, 1.82) is 5.26 Å². The van der Waals surface area contributed by atoms with Gasteiger partial charge in [-0.25, -0.2) is 13.2 Å². The normalized spacial score (nSPS) is 16.0. The summed E-state index contributed by atoms with van der Waals surface area (Å²) in [5.74, 6) is -0.823. The third kappa shape index (κ3) is 4.40. The van der Waals surface area contributed by atoms with Crippen molar-refractivity contribution in [2.75, 3.05) is 13.7 Å². The number of ether oxygens (including phenoxy) is 1. The van der Waals surface area contributed by atoms with Crippen molar-refractivity contribution < 1.29 is 22.7 Å². The van der Waals surface area contributed by atoms with Gasteiger partial charge in [-0.3, -0.25) is 14.2 Å². The monoisotopic (exact) mass is 559 g/mol. The molecule has 2 heterocycles. The molecule has 204 valence electrons. The number of nitrogens with zero attached hydrogens (tertiary/aromatic N) is 4. The number of imidazole rings is 1. The number of methoxy groups -OCH3 is 1. The molecule has 0 radical (unpaired) electrons.